The van der Waals surface area contributed by atoms with E-state index >= 15 is 0 Å². The minimum Gasteiger partial charge on any atom is -0.399 e. The molecule has 0 aliphatic carbocycles. The van der Waals surface area contributed by atoms with Crippen LogP contribution in [0.5, 0.6) is 0 Å². The number of fused-ring (bicyclic) bond motifs is 1. The van der Waals surface area contributed by atoms with Gasteiger partial charge < -0.3 is 10.3 Å². The van der Waals surface area contributed by atoms with E-state index in [0.29, 0.717) is 5.02 Å². The molecule has 0 spiro atoms. The van der Waals surface area contributed by atoms with E-state index in [0.717, 1.165) is 28.1 Å². The van der Waals surface area contributed by atoms with Crippen LogP contribution in [0.3, 0.4) is 0 Å². The van der Waals surface area contributed by atoms with Crippen LogP contribution in [0.4, 0.5) is 5.69 Å². The fourth-order valence-corrected chi connectivity index (χ4v) is 2.33. The Bertz CT molecular complexity index is 731. The van der Waals surface area contributed by atoms with Crippen molar-refractivity contribution in [2.24, 2.45) is 7.05 Å². The molecule has 0 aliphatic rings. The maximum Gasteiger partial charge on any atom is 0.140 e. The number of halogens is 1. The number of para-hydroxylation sites is 1. The summed E-state index contributed by atoms with van der Waals surface area (Å²) in [7, 11) is 1.98. The van der Waals surface area contributed by atoms with Gasteiger partial charge in [0.25, 0.3) is 0 Å². The maximum atomic E-state index is 6.16. The van der Waals surface area contributed by atoms with Crippen LogP contribution < -0.4 is 5.73 Å². The lowest BCUT2D eigenvalue weighted by molar-refractivity contribution is 0.959. The second-order valence-electron chi connectivity index (χ2n) is 4.23. The first kappa shape index (κ1) is 11.1. The zero-order valence-electron chi connectivity index (χ0n) is 9.89. The largest absolute Gasteiger partial charge is 0.399 e. The molecule has 0 atom stereocenters. The average molecular weight is 258 g/mol. The first-order valence-electron chi connectivity index (χ1n) is 5.63. The minimum atomic E-state index is 0.665. The zero-order valence-corrected chi connectivity index (χ0v) is 10.6. The Hall–Kier alpha value is -2.00. The Balaban J connectivity index is 2.30. The first-order chi connectivity index (χ1) is 8.66. The lowest BCUT2D eigenvalue weighted by Crippen LogP contribution is -1.93. The SMILES string of the molecule is Cn1c(-c2cccc(N)c2)nc2c(Cl)cccc21. The second kappa shape index (κ2) is 4.03. The van der Waals surface area contributed by atoms with Gasteiger partial charge in [-0.05, 0) is 24.3 Å². The number of hydrogen-bond acceptors (Lipinski definition) is 2. The molecule has 2 N–H and O–H groups in total. The number of nitrogen functional groups attached to an aromatic ring is 1. The van der Waals surface area contributed by atoms with Gasteiger partial charge in [0, 0.05) is 18.3 Å². The molecule has 0 saturated carbocycles. The normalized spacial score (nSPS) is 11.0. The molecule has 2 aromatic carbocycles. The molecule has 3 nitrogen and oxygen atoms in total. The van der Waals surface area contributed by atoms with Crippen LogP contribution in [0.2, 0.25) is 5.02 Å². The van der Waals surface area contributed by atoms with Crippen molar-refractivity contribution in [1.82, 2.24) is 9.55 Å². The number of benzene rings is 2. The first-order valence-corrected chi connectivity index (χ1v) is 6.01. The molecule has 1 aromatic heterocycles. The number of anilines is 1. The number of aromatic nitrogens is 2. The molecule has 0 aliphatic heterocycles. The molecule has 0 radical (unpaired) electrons. The molecular formula is C14H12ClN3. The van der Waals surface area contributed by atoms with Crippen molar-refractivity contribution in [1.29, 1.82) is 0 Å². The molecule has 90 valence electrons. The van der Waals surface area contributed by atoms with Crippen molar-refractivity contribution in [3.05, 3.63) is 47.5 Å². The number of aryl methyl sites for hydroxylation is 1. The number of rotatable bonds is 1. The van der Waals surface area contributed by atoms with Gasteiger partial charge >= 0.3 is 0 Å². The van der Waals surface area contributed by atoms with Gasteiger partial charge in [-0.25, -0.2) is 4.98 Å². The molecular weight excluding hydrogens is 246 g/mol. The van der Waals surface area contributed by atoms with Gasteiger partial charge in [0.2, 0.25) is 0 Å². The van der Waals surface area contributed by atoms with Gasteiger partial charge in [-0.15, -0.1) is 0 Å². The van der Waals surface area contributed by atoms with E-state index in [1.165, 1.54) is 0 Å². The number of imidazole rings is 1. The summed E-state index contributed by atoms with van der Waals surface area (Å²) >= 11 is 6.16. The summed E-state index contributed by atoms with van der Waals surface area (Å²) in [5, 5.41) is 0.665. The fourth-order valence-electron chi connectivity index (χ4n) is 2.12. The molecule has 3 aromatic rings. The van der Waals surface area contributed by atoms with Gasteiger partial charge in [-0.2, -0.15) is 0 Å². The van der Waals surface area contributed by atoms with E-state index in [1.807, 2.05) is 54.1 Å². The summed E-state index contributed by atoms with van der Waals surface area (Å²) in [5.41, 5.74) is 9.36. The number of hydrogen-bond donors (Lipinski definition) is 1. The molecule has 1 heterocycles. The van der Waals surface area contributed by atoms with Gasteiger partial charge in [0.1, 0.15) is 11.3 Å². The molecule has 18 heavy (non-hydrogen) atoms. The van der Waals surface area contributed by atoms with Crippen molar-refractivity contribution >= 4 is 28.3 Å². The quantitative estimate of drug-likeness (QED) is 0.679. The molecule has 4 heteroatoms. The van der Waals surface area contributed by atoms with Crippen molar-refractivity contribution in [2.75, 3.05) is 5.73 Å². The Labute approximate surface area is 110 Å². The molecule has 0 bridgehead atoms. The number of nitrogens with two attached hydrogens (primary N) is 1. The van der Waals surface area contributed by atoms with E-state index in [2.05, 4.69) is 4.98 Å². The summed E-state index contributed by atoms with van der Waals surface area (Å²) in [6, 6.07) is 13.5. The summed E-state index contributed by atoms with van der Waals surface area (Å²) in [4.78, 5) is 4.60. The van der Waals surface area contributed by atoms with Crippen LogP contribution in [-0.2, 0) is 7.05 Å². The predicted molar refractivity (Wildman–Crippen MR) is 75.6 cm³/mol. The highest BCUT2D eigenvalue weighted by Crippen LogP contribution is 2.28. The summed E-state index contributed by atoms with van der Waals surface area (Å²) in [6.07, 6.45) is 0. The topological polar surface area (TPSA) is 43.8 Å². The van der Waals surface area contributed by atoms with E-state index < -0.39 is 0 Å². The molecule has 0 unspecified atom stereocenters. The highest BCUT2D eigenvalue weighted by Gasteiger charge is 2.11. The maximum absolute atomic E-state index is 6.16. The third-order valence-corrected chi connectivity index (χ3v) is 3.31. The van der Waals surface area contributed by atoms with Crippen LogP contribution >= 0.6 is 11.6 Å². The van der Waals surface area contributed by atoms with Crippen LogP contribution in [0.25, 0.3) is 22.4 Å². The standard InChI is InChI=1S/C14H12ClN3/c1-18-12-7-3-6-11(15)13(12)17-14(18)9-4-2-5-10(16)8-9/h2-8H,16H2,1H3. The van der Waals surface area contributed by atoms with Gasteiger partial charge in [-0.1, -0.05) is 29.8 Å². The Morgan fingerprint density at radius 1 is 1.17 bits per heavy atom. The van der Waals surface area contributed by atoms with E-state index in [1.54, 1.807) is 0 Å². The Morgan fingerprint density at radius 2 is 1.94 bits per heavy atom. The molecule has 0 fully saturated rings. The van der Waals surface area contributed by atoms with Crippen molar-refractivity contribution < 1.29 is 0 Å². The fraction of sp³-hybridized carbons (Fsp3) is 0.0714. The Morgan fingerprint density at radius 3 is 2.67 bits per heavy atom. The zero-order chi connectivity index (χ0) is 12.7. The van der Waals surface area contributed by atoms with E-state index in [4.69, 9.17) is 17.3 Å². The van der Waals surface area contributed by atoms with Crippen LogP contribution in [0.1, 0.15) is 0 Å². The lowest BCUT2D eigenvalue weighted by atomic mass is 10.2. The van der Waals surface area contributed by atoms with E-state index in [9.17, 15) is 0 Å². The van der Waals surface area contributed by atoms with Crippen LogP contribution in [0, 0.1) is 0 Å². The molecule has 0 saturated heterocycles. The minimum absolute atomic E-state index is 0.665. The van der Waals surface area contributed by atoms with Crippen molar-refractivity contribution in [2.45, 2.75) is 0 Å². The average Bonchev–Trinajstić information content (AvgIpc) is 2.69. The highest BCUT2D eigenvalue weighted by molar-refractivity contribution is 6.35. The monoisotopic (exact) mass is 257 g/mol. The summed E-state index contributed by atoms with van der Waals surface area (Å²) < 4.78 is 2.02. The van der Waals surface area contributed by atoms with Gasteiger partial charge in [0.15, 0.2) is 0 Å². The highest BCUT2D eigenvalue weighted by atomic mass is 35.5. The lowest BCUT2D eigenvalue weighted by Gasteiger charge is -2.03. The van der Waals surface area contributed by atoms with Gasteiger partial charge in [-0.3, -0.25) is 0 Å². The third kappa shape index (κ3) is 1.64. The molecule has 0 amide bonds. The number of nitrogens with zero attached hydrogens (tertiary/aromatic N) is 2. The summed E-state index contributed by atoms with van der Waals surface area (Å²) in [5.74, 6) is 0.866. The van der Waals surface area contributed by atoms with Crippen LogP contribution in [0.15, 0.2) is 42.5 Å². The predicted octanol–water partition coefficient (Wildman–Crippen LogP) is 3.48. The Kier molecular flexibility index (Phi) is 2.49. The van der Waals surface area contributed by atoms with Crippen LogP contribution in [-0.4, -0.2) is 9.55 Å². The molecule has 3 rings (SSSR count). The van der Waals surface area contributed by atoms with Gasteiger partial charge in [0.05, 0.1) is 10.5 Å². The third-order valence-electron chi connectivity index (χ3n) is 3.01. The summed E-state index contributed by atoms with van der Waals surface area (Å²) in [6.45, 7) is 0. The van der Waals surface area contributed by atoms with Crippen molar-refractivity contribution in [3.8, 4) is 11.4 Å². The van der Waals surface area contributed by atoms with E-state index in [-0.39, 0.29) is 0 Å². The smallest absolute Gasteiger partial charge is 0.140 e. The second-order valence-corrected chi connectivity index (χ2v) is 4.63. The van der Waals surface area contributed by atoms with Crippen molar-refractivity contribution in [3.63, 3.8) is 0 Å².